The van der Waals surface area contributed by atoms with E-state index >= 15 is 0 Å². The molecule has 0 saturated heterocycles. The number of unbranched alkanes of at least 4 members (excludes halogenated alkanes) is 1. The van der Waals surface area contributed by atoms with E-state index in [2.05, 4.69) is 17.1 Å². The Morgan fingerprint density at radius 1 is 1.50 bits per heavy atom. The first-order valence-corrected chi connectivity index (χ1v) is 7.19. The molecule has 1 fully saturated rings. The summed E-state index contributed by atoms with van der Waals surface area (Å²) in [6.07, 6.45) is 4.50. The van der Waals surface area contributed by atoms with Gasteiger partial charge in [0, 0.05) is 11.7 Å². The molecule has 5 heteroatoms. The van der Waals surface area contributed by atoms with Crippen LogP contribution in [-0.4, -0.2) is 29.9 Å². The van der Waals surface area contributed by atoms with E-state index in [4.69, 9.17) is 5.73 Å². The first-order valence-electron chi connectivity index (χ1n) is 7.19. The van der Waals surface area contributed by atoms with Crippen LogP contribution in [0.5, 0.6) is 0 Å². The van der Waals surface area contributed by atoms with E-state index in [9.17, 15) is 9.18 Å². The van der Waals surface area contributed by atoms with E-state index < -0.39 is 5.82 Å². The van der Waals surface area contributed by atoms with Crippen molar-refractivity contribution in [2.45, 2.75) is 38.6 Å². The Hall–Kier alpha value is -1.62. The predicted octanol–water partition coefficient (Wildman–Crippen LogP) is 2.61. The molecule has 0 aromatic heterocycles. The van der Waals surface area contributed by atoms with Crippen LogP contribution in [-0.2, 0) is 4.79 Å². The molecule has 1 saturated carbocycles. The number of nitrogens with zero attached hydrogens (tertiary/aromatic N) is 1. The predicted molar refractivity (Wildman–Crippen MR) is 78.9 cm³/mol. The minimum absolute atomic E-state index is 0.154. The second-order valence-electron chi connectivity index (χ2n) is 5.34. The van der Waals surface area contributed by atoms with Crippen LogP contribution >= 0.6 is 0 Å². The molecule has 1 aromatic carbocycles. The third-order valence-electron chi connectivity index (χ3n) is 3.47. The molecule has 0 aliphatic heterocycles. The molecule has 0 bridgehead atoms. The number of anilines is 2. The van der Waals surface area contributed by atoms with Crippen LogP contribution in [0.2, 0.25) is 0 Å². The Morgan fingerprint density at radius 3 is 2.90 bits per heavy atom. The summed E-state index contributed by atoms with van der Waals surface area (Å²) in [4.78, 5) is 14.2. The SMILES string of the molecule is CCCCN(CC(=O)Nc1cc(N)ccc1F)C1CC1. The summed E-state index contributed by atoms with van der Waals surface area (Å²) in [7, 11) is 0. The van der Waals surface area contributed by atoms with Crippen molar-refractivity contribution < 1.29 is 9.18 Å². The molecule has 0 radical (unpaired) electrons. The fourth-order valence-electron chi connectivity index (χ4n) is 2.20. The van der Waals surface area contributed by atoms with Gasteiger partial charge in [0.05, 0.1) is 12.2 Å². The van der Waals surface area contributed by atoms with Gasteiger partial charge in [-0.15, -0.1) is 0 Å². The summed E-state index contributed by atoms with van der Waals surface area (Å²) >= 11 is 0. The van der Waals surface area contributed by atoms with Crippen molar-refractivity contribution in [2.24, 2.45) is 0 Å². The van der Waals surface area contributed by atoms with E-state index in [-0.39, 0.29) is 11.6 Å². The van der Waals surface area contributed by atoms with E-state index in [0.29, 0.717) is 18.3 Å². The van der Waals surface area contributed by atoms with E-state index in [0.717, 1.165) is 32.2 Å². The van der Waals surface area contributed by atoms with Crippen molar-refractivity contribution in [3.8, 4) is 0 Å². The maximum atomic E-state index is 13.6. The van der Waals surface area contributed by atoms with Gasteiger partial charge in [0.2, 0.25) is 5.91 Å². The number of halogens is 1. The summed E-state index contributed by atoms with van der Waals surface area (Å²) < 4.78 is 13.6. The monoisotopic (exact) mass is 279 g/mol. The summed E-state index contributed by atoms with van der Waals surface area (Å²) in [5, 5.41) is 2.60. The number of rotatable bonds is 7. The second-order valence-corrected chi connectivity index (χ2v) is 5.34. The highest BCUT2D eigenvalue weighted by Crippen LogP contribution is 2.27. The van der Waals surface area contributed by atoms with Gasteiger partial charge in [-0.2, -0.15) is 0 Å². The molecule has 3 N–H and O–H groups in total. The van der Waals surface area contributed by atoms with E-state index in [1.165, 1.54) is 18.2 Å². The number of benzene rings is 1. The third kappa shape index (κ3) is 4.20. The summed E-state index contributed by atoms with van der Waals surface area (Å²) in [6, 6.07) is 4.71. The number of amides is 1. The first kappa shape index (κ1) is 14.8. The quantitative estimate of drug-likeness (QED) is 0.754. The number of hydrogen-bond donors (Lipinski definition) is 2. The zero-order valence-electron chi connectivity index (χ0n) is 11.9. The van der Waals surface area contributed by atoms with Gasteiger partial charge in [-0.1, -0.05) is 13.3 Å². The zero-order chi connectivity index (χ0) is 14.5. The lowest BCUT2D eigenvalue weighted by Crippen LogP contribution is -2.35. The first-order chi connectivity index (χ1) is 9.60. The molecule has 0 spiro atoms. The average molecular weight is 279 g/mol. The summed E-state index contributed by atoms with van der Waals surface area (Å²) in [5.41, 5.74) is 6.19. The highest BCUT2D eigenvalue weighted by Gasteiger charge is 2.29. The highest BCUT2D eigenvalue weighted by atomic mass is 19.1. The standard InChI is InChI=1S/C15H22FN3O/c1-2-3-8-19(12-5-6-12)10-15(20)18-14-9-11(17)4-7-13(14)16/h4,7,9,12H,2-3,5-6,8,10,17H2,1H3,(H,18,20). The largest absolute Gasteiger partial charge is 0.399 e. The normalized spacial score (nSPS) is 14.6. The Labute approximate surface area is 119 Å². The molecule has 1 amide bonds. The highest BCUT2D eigenvalue weighted by molar-refractivity contribution is 5.92. The van der Waals surface area contributed by atoms with Crippen molar-refractivity contribution in [1.29, 1.82) is 0 Å². The molecule has 1 aliphatic carbocycles. The van der Waals surface area contributed by atoms with Gasteiger partial charge in [-0.3, -0.25) is 9.69 Å². The molecule has 20 heavy (non-hydrogen) atoms. The van der Waals surface area contributed by atoms with Crippen LogP contribution < -0.4 is 11.1 Å². The minimum Gasteiger partial charge on any atom is -0.399 e. The smallest absolute Gasteiger partial charge is 0.238 e. The van der Waals surface area contributed by atoms with Crippen LogP contribution in [0.15, 0.2) is 18.2 Å². The van der Waals surface area contributed by atoms with Crippen LogP contribution in [0.3, 0.4) is 0 Å². The van der Waals surface area contributed by atoms with E-state index in [1.807, 2.05) is 0 Å². The summed E-state index contributed by atoms with van der Waals surface area (Å²) in [6.45, 7) is 3.38. The van der Waals surface area contributed by atoms with Gasteiger partial charge in [-0.05, 0) is 44.0 Å². The zero-order valence-corrected chi connectivity index (χ0v) is 11.9. The molecule has 0 atom stereocenters. The summed E-state index contributed by atoms with van der Waals surface area (Å²) in [5.74, 6) is -0.642. The van der Waals surface area contributed by atoms with Gasteiger partial charge < -0.3 is 11.1 Å². The average Bonchev–Trinajstić information content (AvgIpc) is 3.23. The van der Waals surface area contributed by atoms with Crippen LogP contribution in [0, 0.1) is 5.82 Å². The van der Waals surface area contributed by atoms with Crippen LogP contribution in [0.4, 0.5) is 15.8 Å². The second kappa shape index (κ2) is 6.70. The van der Waals surface area contributed by atoms with Gasteiger partial charge in [0.1, 0.15) is 5.82 Å². The van der Waals surface area contributed by atoms with Crippen molar-refractivity contribution in [3.05, 3.63) is 24.0 Å². The number of nitrogens with two attached hydrogens (primary N) is 1. The van der Waals surface area contributed by atoms with E-state index in [1.54, 1.807) is 0 Å². The van der Waals surface area contributed by atoms with Crippen LogP contribution in [0.25, 0.3) is 0 Å². The number of carbonyl (C=O) groups is 1. The van der Waals surface area contributed by atoms with Gasteiger partial charge in [-0.25, -0.2) is 4.39 Å². The number of hydrogen-bond acceptors (Lipinski definition) is 3. The molecule has 1 aromatic rings. The number of nitrogens with one attached hydrogen (secondary N) is 1. The molecule has 4 nitrogen and oxygen atoms in total. The van der Waals surface area contributed by atoms with Crippen molar-refractivity contribution in [3.63, 3.8) is 0 Å². The molecule has 1 aliphatic rings. The lowest BCUT2D eigenvalue weighted by molar-refractivity contribution is -0.117. The maximum Gasteiger partial charge on any atom is 0.238 e. The van der Waals surface area contributed by atoms with Crippen LogP contribution in [0.1, 0.15) is 32.6 Å². The molecular weight excluding hydrogens is 257 g/mol. The Kier molecular flexibility index (Phi) is 4.95. The topological polar surface area (TPSA) is 58.4 Å². The minimum atomic E-state index is -0.459. The lowest BCUT2D eigenvalue weighted by atomic mass is 10.2. The van der Waals surface area contributed by atoms with Gasteiger partial charge >= 0.3 is 0 Å². The fourth-order valence-corrected chi connectivity index (χ4v) is 2.20. The number of nitrogen functional groups attached to an aromatic ring is 1. The lowest BCUT2D eigenvalue weighted by Gasteiger charge is -2.21. The molecule has 0 unspecified atom stereocenters. The number of carbonyl (C=O) groups excluding carboxylic acids is 1. The molecule has 0 heterocycles. The molecular formula is C15H22FN3O. The fraction of sp³-hybridized carbons (Fsp3) is 0.533. The van der Waals surface area contributed by atoms with Crippen molar-refractivity contribution in [2.75, 3.05) is 24.1 Å². The Bertz CT molecular complexity index is 474. The van der Waals surface area contributed by atoms with Crippen molar-refractivity contribution >= 4 is 17.3 Å². The third-order valence-corrected chi connectivity index (χ3v) is 3.47. The Morgan fingerprint density at radius 2 is 2.25 bits per heavy atom. The molecule has 2 rings (SSSR count). The van der Waals surface area contributed by atoms with Gasteiger partial charge in [0.15, 0.2) is 0 Å². The van der Waals surface area contributed by atoms with Crippen molar-refractivity contribution in [1.82, 2.24) is 4.90 Å². The maximum absolute atomic E-state index is 13.6. The molecule has 110 valence electrons. The van der Waals surface area contributed by atoms with Gasteiger partial charge in [0.25, 0.3) is 0 Å². The Balaban J connectivity index is 1.91.